The zero-order chi connectivity index (χ0) is 42.2. The molecule has 2 aliphatic heterocycles. The number of aromatic hydroxyl groups is 5. The summed E-state index contributed by atoms with van der Waals surface area (Å²) in [7, 11) is 2.58. The molecule has 0 radical (unpaired) electrons. The summed E-state index contributed by atoms with van der Waals surface area (Å²) in [6.07, 6.45) is -15.0. The van der Waals surface area contributed by atoms with Crippen LogP contribution in [0.15, 0.2) is 57.8 Å². The van der Waals surface area contributed by atoms with Gasteiger partial charge in [-0.05, 0) is 48.9 Å². The zero-order valence-electron chi connectivity index (χ0n) is 30.7. The normalized spacial score (nSPS) is 27.4. The predicted molar refractivity (Wildman–Crippen MR) is 194 cm³/mol. The number of aliphatic hydroxyl groups is 5. The van der Waals surface area contributed by atoms with Gasteiger partial charge < -0.3 is 88.6 Å². The molecule has 20 nitrogen and oxygen atoms in total. The van der Waals surface area contributed by atoms with Crippen LogP contribution in [0, 0.1) is 0 Å². The molecular formula is C38H40O20. The van der Waals surface area contributed by atoms with Gasteiger partial charge in [0.2, 0.25) is 23.2 Å². The van der Waals surface area contributed by atoms with E-state index in [4.69, 9.17) is 37.6 Å². The lowest BCUT2D eigenvalue weighted by atomic mass is 9.98. The number of ether oxygens (including phenoxy) is 7. The average molecular weight is 817 g/mol. The lowest BCUT2D eigenvalue weighted by Crippen LogP contribution is -2.62. The minimum Gasteiger partial charge on any atom is -0.508 e. The first kappa shape index (κ1) is 41.8. The number of fused-ring (bicyclic) bond motifs is 1. The van der Waals surface area contributed by atoms with E-state index in [1.165, 1.54) is 45.4 Å². The third kappa shape index (κ3) is 8.26. The first-order chi connectivity index (χ1) is 27.5. The molecule has 3 aromatic carbocycles. The molecular weight excluding hydrogens is 776 g/mol. The van der Waals surface area contributed by atoms with Crippen LogP contribution in [-0.2, 0) is 23.7 Å². The molecule has 10 unspecified atom stereocenters. The van der Waals surface area contributed by atoms with Gasteiger partial charge >= 0.3 is 5.97 Å². The van der Waals surface area contributed by atoms with Crippen LogP contribution in [-0.4, -0.2) is 139 Å². The van der Waals surface area contributed by atoms with E-state index in [-0.39, 0.29) is 34.0 Å². The molecule has 3 heterocycles. The van der Waals surface area contributed by atoms with Crippen LogP contribution in [0.4, 0.5) is 0 Å². The van der Waals surface area contributed by atoms with Crippen molar-refractivity contribution in [2.45, 2.75) is 68.3 Å². The molecule has 6 rings (SSSR count). The summed E-state index contributed by atoms with van der Waals surface area (Å²) in [5.41, 5.74) is -1.27. The van der Waals surface area contributed by atoms with E-state index in [1.807, 2.05) is 0 Å². The average Bonchev–Trinajstić information content (AvgIpc) is 3.19. The van der Waals surface area contributed by atoms with Crippen LogP contribution < -0.4 is 19.6 Å². The van der Waals surface area contributed by atoms with Crippen LogP contribution in [0.1, 0.15) is 12.5 Å². The molecule has 0 saturated carbocycles. The number of phenols is 5. The highest BCUT2D eigenvalue weighted by atomic mass is 16.7. The van der Waals surface area contributed by atoms with Crippen molar-refractivity contribution in [3.63, 3.8) is 0 Å². The van der Waals surface area contributed by atoms with Crippen molar-refractivity contribution < 1.29 is 93.4 Å². The van der Waals surface area contributed by atoms with Crippen molar-refractivity contribution in [3.05, 3.63) is 64.3 Å². The molecule has 0 aliphatic carbocycles. The number of rotatable bonds is 11. The van der Waals surface area contributed by atoms with Crippen LogP contribution in [0.3, 0.4) is 0 Å². The van der Waals surface area contributed by atoms with Crippen molar-refractivity contribution >= 4 is 23.0 Å². The summed E-state index contributed by atoms with van der Waals surface area (Å²) in [5.74, 6) is -5.15. The lowest BCUT2D eigenvalue weighted by Gasteiger charge is -2.43. The van der Waals surface area contributed by atoms with Gasteiger partial charge in [-0.1, -0.05) is 0 Å². The fourth-order valence-corrected chi connectivity index (χ4v) is 6.30. The number of carbonyl (C=O) groups is 1. The van der Waals surface area contributed by atoms with Crippen molar-refractivity contribution in [1.29, 1.82) is 0 Å². The van der Waals surface area contributed by atoms with Crippen molar-refractivity contribution in [2.24, 2.45) is 0 Å². The fourth-order valence-electron chi connectivity index (χ4n) is 6.30. The summed E-state index contributed by atoms with van der Waals surface area (Å²) >= 11 is 0. The molecule has 312 valence electrons. The van der Waals surface area contributed by atoms with Gasteiger partial charge in [0.15, 0.2) is 41.2 Å². The number of methoxy groups -OCH3 is 2. The Labute approximate surface area is 327 Å². The van der Waals surface area contributed by atoms with Crippen molar-refractivity contribution in [1.82, 2.24) is 0 Å². The number of aliphatic hydroxyl groups excluding tert-OH is 5. The first-order valence-corrected chi connectivity index (χ1v) is 17.4. The summed E-state index contributed by atoms with van der Waals surface area (Å²) < 4.78 is 44.6. The van der Waals surface area contributed by atoms with E-state index in [2.05, 4.69) is 0 Å². The summed E-state index contributed by atoms with van der Waals surface area (Å²) in [4.78, 5) is 27.4. The minimum atomic E-state index is -2.07. The molecule has 4 aromatic rings. The summed E-state index contributed by atoms with van der Waals surface area (Å²) in [6, 6.07) is 7.83. The van der Waals surface area contributed by atoms with Gasteiger partial charge in [0.25, 0.3) is 0 Å². The van der Waals surface area contributed by atoms with Crippen LogP contribution in [0.5, 0.6) is 46.0 Å². The second-order valence-corrected chi connectivity index (χ2v) is 13.3. The van der Waals surface area contributed by atoms with Gasteiger partial charge in [0.1, 0.15) is 59.1 Å². The Balaban J connectivity index is 1.38. The minimum absolute atomic E-state index is 0.00725. The summed E-state index contributed by atoms with van der Waals surface area (Å²) in [6.45, 7) is 0.697. The standard InChI is InChI=1S/C38H40O20/c1-14-27(44)31(48)33(50)37(54-14)53-13-24-29(46)32(49)36(57-25(43)7-4-15-8-22(51-2)28(45)23(9-15)52-3)38(56-24)58-35-30(47)26-20(42)11-17(39)12-21(26)55-34(35)16-5-6-18(40)19(41)10-16/h4-12,14,24,27,29,31-33,36-42,44-46,48-50H,13H2,1-3H3. The molecule has 0 bridgehead atoms. The highest BCUT2D eigenvalue weighted by Crippen LogP contribution is 2.40. The molecule has 10 atom stereocenters. The highest BCUT2D eigenvalue weighted by molar-refractivity contribution is 5.89. The van der Waals surface area contributed by atoms with Crippen LogP contribution in [0.25, 0.3) is 28.4 Å². The zero-order valence-corrected chi connectivity index (χ0v) is 30.7. The maximum atomic E-state index is 14.1. The topological polar surface area (TPSA) is 314 Å². The van der Waals surface area contributed by atoms with E-state index in [9.17, 15) is 60.7 Å². The third-order valence-corrected chi connectivity index (χ3v) is 9.43. The Morgan fingerprint density at radius 2 is 1.47 bits per heavy atom. The molecule has 20 heteroatoms. The quantitative estimate of drug-likeness (QED) is 0.0553. The second-order valence-electron chi connectivity index (χ2n) is 13.3. The number of hydrogen-bond donors (Lipinski definition) is 10. The smallest absolute Gasteiger partial charge is 0.331 e. The number of carbonyl (C=O) groups excluding carboxylic acids is 1. The van der Waals surface area contributed by atoms with Gasteiger partial charge in [0.05, 0.1) is 26.9 Å². The molecule has 2 fully saturated rings. The molecule has 2 saturated heterocycles. The van der Waals surface area contributed by atoms with E-state index >= 15 is 0 Å². The van der Waals surface area contributed by atoms with Gasteiger partial charge in [-0.25, -0.2) is 4.79 Å². The maximum absolute atomic E-state index is 14.1. The van der Waals surface area contributed by atoms with Crippen LogP contribution in [0.2, 0.25) is 0 Å². The largest absolute Gasteiger partial charge is 0.508 e. The highest BCUT2D eigenvalue weighted by Gasteiger charge is 2.50. The van der Waals surface area contributed by atoms with Crippen molar-refractivity contribution in [3.8, 4) is 57.3 Å². The van der Waals surface area contributed by atoms with E-state index < -0.39 is 119 Å². The van der Waals surface area contributed by atoms with Gasteiger partial charge in [-0.15, -0.1) is 0 Å². The van der Waals surface area contributed by atoms with Gasteiger partial charge in [0, 0.05) is 23.8 Å². The van der Waals surface area contributed by atoms with E-state index in [1.54, 1.807) is 0 Å². The van der Waals surface area contributed by atoms with Crippen molar-refractivity contribution in [2.75, 3.05) is 20.8 Å². The lowest BCUT2D eigenvalue weighted by molar-refractivity contribution is -0.319. The van der Waals surface area contributed by atoms with E-state index in [0.29, 0.717) is 0 Å². The van der Waals surface area contributed by atoms with Crippen LogP contribution >= 0.6 is 0 Å². The first-order valence-electron chi connectivity index (χ1n) is 17.4. The Hall–Kier alpha value is -5.84. The second kappa shape index (κ2) is 16.9. The molecule has 0 amide bonds. The fraction of sp³-hybridized carbons (Fsp3) is 0.368. The number of esters is 1. The Morgan fingerprint density at radius 3 is 2.12 bits per heavy atom. The Kier molecular flexibility index (Phi) is 12.2. The Bertz CT molecular complexity index is 2210. The molecule has 0 spiro atoms. The predicted octanol–water partition coefficient (Wildman–Crippen LogP) is 0.300. The molecule has 10 N–H and O–H groups in total. The monoisotopic (exact) mass is 816 g/mol. The number of phenolic OH excluding ortho intramolecular Hbond substituents is 5. The van der Waals surface area contributed by atoms with E-state index in [0.717, 1.165) is 30.3 Å². The third-order valence-electron chi connectivity index (χ3n) is 9.43. The Morgan fingerprint density at radius 1 is 0.776 bits per heavy atom. The summed E-state index contributed by atoms with van der Waals surface area (Å²) in [5, 5.41) is 104. The molecule has 1 aromatic heterocycles. The number of hydrogen-bond acceptors (Lipinski definition) is 20. The van der Waals surface area contributed by atoms with Gasteiger partial charge in [-0.2, -0.15) is 0 Å². The molecule has 2 aliphatic rings. The molecule has 58 heavy (non-hydrogen) atoms. The number of benzene rings is 3. The van der Waals surface area contributed by atoms with Gasteiger partial charge in [-0.3, -0.25) is 4.79 Å². The maximum Gasteiger partial charge on any atom is 0.331 e. The SMILES string of the molecule is COc1cc(C=CC(=O)OC2C(Oc3c(-c4ccc(O)c(O)c4)oc4cc(O)cc(O)c4c3=O)OC(COC3OC(C)C(O)C(O)C3O)C(O)C2O)cc(OC)c1O.